The molecule has 6 heteroatoms. The molecular weight excluding hydrogens is 592 g/mol. The van der Waals surface area contributed by atoms with Crippen LogP contribution in [0.2, 0.25) is 0 Å². The minimum absolute atomic E-state index is 0.375. The first-order chi connectivity index (χ1) is 23.7. The Morgan fingerprint density at radius 2 is 1.08 bits per heavy atom. The summed E-state index contributed by atoms with van der Waals surface area (Å²) in [5, 5.41) is 10.1. The molecule has 0 saturated carbocycles. The summed E-state index contributed by atoms with van der Waals surface area (Å²) in [4.78, 5) is 15.5. The Bertz CT molecular complexity index is 2600. The van der Waals surface area contributed by atoms with E-state index in [4.69, 9.17) is 24.1 Å². The number of rotatable bonds is 4. The van der Waals surface area contributed by atoms with Crippen LogP contribution in [0.3, 0.4) is 0 Å². The van der Waals surface area contributed by atoms with Gasteiger partial charge in [0.1, 0.15) is 16.9 Å². The minimum Gasteiger partial charge on any atom is -0.464 e. The first-order valence-electron chi connectivity index (χ1n) is 16.0. The van der Waals surface area contributed by atoms with Crippen molar-refractivity contribution in [1.29, 1.82) is 0 Å². The van der Waals surface area contributed by atoms with Crippen LogP contribution in [-0.4, -0.2) is 15.0 Å². The van der Waals surface area contributed by atoms with Crippen LogP contribution in [0, 0.1) is 0 Å². The zero-order chi connectivity index (χ0) is 31.6. The molecule has 1 atom stereocenters. The summed E-state index contributed by atoms with van der Waals surface area (Å²) in [6, 6.07) is 49.5. The molecule has 0 amide bonds. The number of anilines is 1. The number of benzene rings is 7. The molecule has 1 N–H and O–H groups in total. The van der Waals surface area contributed by atoms with Gasteiger partial charge >= 0.3 is 0 Å². The van der Waals surface area contributed by atoms with E-state index < -0.39 is 0 Å². The maximum atomic E-state index is 6.61. The molecule has 0 spiro atoms. The van der Waals surface area contributed by atoms with Gasteiger partial charge in [0.25, 0.3) is 0 Å². The lowest BCUT2D eigenvalue weighted by molar-refractivity contribution is 0.260. The molecule has 7 aromatic carbocycles. The molecule has 48 heavy (non-hydrogen) atoms. The third-order valence-electron chi connectivity index (χ3n) is 9.13. The molecule has 0 bridgehead atoms. The van der Waals surface area contributed by atoms with Crippen molar-refractivity contribution < 1.29 is 9.15 Å². The van der Waals surface area contributed by atoms with Crippen LogP contribution >= 0.6 is 0 Å². The molecule has 6 nitrogen and oxygen atoms in total. The fraction of sp³-hybridized carbons (Fsp3) is 0.0238. The van der Waals surface area contributed by atoms with Crippen molar-refractivity contribution in [1.82, 2.24) is 15.0 Å². The number of nitrogens with one attached hydrogen (secondary N) is 1. The van der Waals surface area contributed by atoms with E-state index in [1.165, 1.54) is 0 Å². The van der Waals surface area contributed by atoms with E-state index in [1.54, 1.807) is 0 Å². The molecule has 0 fully saturated rings. The number of fused-ring (bicyclic) bond motifs is 6. The number of hydrogen-bond acceptors (Lipinski definition) is 6. The first kappa shape index (κ1) is 26.7. The molecule has 1 aliphatic rings. The Morgan fingerprint density at radius 3 is 1.77 bits per heavy atom. The van der Waals surface area contributed by atoms with Gasteiger partial charge in [0.05, 0.1) is 11.3 Å². The Balaban J connectivity index is 1.25. The normalized spacial score (nSPS) is 14.0. The molecule has 1 unspecified atom stereocenters. The molecular formula is C42H26N4O2. The lowest BCUT2D eigenvalue weighted by atomic mass is 10.0. The second-order valence-corrected chi connectivity index (χ2v) is 12.1. The van der Waals surface area contributed by atoms with E-state index in [0.717, 1.165) is 71.6 Å². The van der Waals surface area contributed by atoms with Crippen LogP contribution in [0.5, 0.6) is 5.75 Å². The largest absolute Gasteiger partial charge is 0.464 e. The van der Waals surface area contributed by atoms with Gasteiger partial charge in [-0.3, -0.25) is 0 Å². The number of ether oxygens (including phenoxy) is 1. The lowest BCUT2D eigenvalue weighted by Gasteiger charge is -2.13. The van der Waals surface area contributed by atoms with Gasteiger partial charge in [-0.05, 0) is 45.8 Å². The molecule has 0 aliphatic carbocycles. The molecule has 2 aromatic heterocycles. The summed E-state index contributed by atoms with van der Waals surface area (Å²) in [6.07, 6.45) is -0.375. The summed E-state index contributed by atoms with van der Waals surface area (Å²) in [7, 11) is 0. The van der Waals surface area contributed by atoms with Gasteiger partial charge in [-0.2, -0.15) is 0 Å². The van der Waals surface area contributed by atoms with E-state index in [9.17, 15) is 0 Å². The molecule has 0 radical (unpaired) electrons. The number of hydrogen-bond donors (Lipinski definition) is 1. The fourth-order valence-corrected chi connectivity index (χ4v) is 6.75. The van der Waals surface area contributed by atoms with E-state index >= 15 is 0 Å². The first-order valence-corrected chi connectivity index (χ1v) is 16.0. The molecule has 3 heterocycles. The van der Waals surface area contributed by atoms with Crippen LogP contribution in [0.4, 0.5) is 5.69 Å². The predicted molar refractivity (Wildman–Crippen MR) is 192 cm³/mol. The highest BCUT2D eigenvalue weighted by atomic mass is 16.5. The fourth-order valence-electron chi connectivity index (χ4n) is 6.75. The molecule has 226 valence electrons. The van der Waals surface area contributed by atoms with Gasteiger partial charge in [0, 0.05) is 27.5 Å². The van der Waals surface area contributed by atoms with Gasteiger partial charge in [-0.25, -0.2) is 15.0 Å². The SMILES string of the molecule is c1ccc(C2Nc3c(cc4c(oc5ccccc54)c3-c3nc(-c4ccc5ccccc5c4)nc(-c4ccc5ccccc5c4)n3)O2)cc1. The minimum atomic E-state index is -0.375. The van der Waals surface area contributed by atoms with Crippen molar-refractivity contribution >= 4 is 49.2 Å². The molecule has 10 rings (SSSR count). The van der Waals surface area contributed by atoms with Crippen LogP contribution < -0.4 is 10.1 Å². The van der Waals surface area contributed by atoms with Crippen molar-refractivity contribution in [2.45, 2.75) is 6.23 Å². The van der Waals surface area contributed by atoms with Gasteiger partial charge in [0.2, 0.25) is 0 Å². The van der Waals surface area contributed by atoms with Crippen LogP contribution in [0.25, 0.3) is 77.6 Å². The summed E-state index contributed by atoms with van der Waals surface area (Å²) >= 11 is 0. The summed E-state index contributed by atoms with van der Waals surface area (Å²) < 4.78 is 13.2. The van der Waals surface area contributed by atoms with E-state index in [1.807, 2.05) is 60.7 Å². The van der Waals surface area contributed by atoms with E-state index in [2.05, 4.69) is 90.2 Å². The highest BCUT2D eigenvalue weighted by Gasteiger charge is 2.32. The second kappa shape index (κ2) is 10.5. The average molecular weight is 619 g/mol. The zero-order valence-corrected chi connectivity index (χ0v) is 25.6. The van der Waals surface area contributed by atoms with E-state index in [-0.39, 0.29) is 6.23 Å². The summed E-state index contributed by atoms with van der Waals surface area (Å²) in [6.45, 7) is 0. The highest BCUT2D eigenvalue weighted by Crippen LogP contribution is 2.50. The van der Waals surface area contributed by atoms with Gasteiger partial charge in [0.15, 0.2) is 23.7 Å². The van der Waals surface area contributed by atoms with Crippen molar-refractivity contribution in [3.63, 3.8) is 0 Å². The Kier molecular flexibility index (Phi) is 5.84. The molecule has 0 saturated heterocycles. The van der Waals surface area contributed by atoms with Gasteiger partial charge in [-0.1, -0.05) is 121 Å². The maximum Gasteiger partial charge on any atom is 0.196 e. The van der Waals surface area contributed by atoms with Crippen LogP contribution in [0.1, 0.15) is 11.8 Å². The molecule has 1 aliphatic heterocycles. The third-order valence-corrected chi connectivity index (χ3v) is 9.13. The third kappa shape index (κ3) is 4.31. The quantitative estimate of drug-likeness (QED) is 0.212. The maximum absolute atomic E-state index is 6.61. The topological polar surface area (TPSA) is 73.1 Å². The molecule has 9 aromatic rings. The smallest absolute Gasteiger partial charge is 0.196 e. The number of aromatic nitrogens is 3. The zero-order valence-electron chi connectivity index (χ0n) is 25.6. The van der Waals surface area contributed by atoms with E-state index in [0.29, 0.717) is 23.1 Å². The van der Waals surface area contributed by atoms with Crippen molar-refractivity contribution in [2.24, 2.45) is 0 Å². The van der Waals surface area contributed by atoms with Crippen molar-refractivity contribution in [3.05, 3.63) is 151 Å². The Labute approximate surface area is 275 Å². The summed E-state index contributed by atoms with van der Waals surface area (Å²) in [5.74, 6) is 2.38. The van der Waals surface area contributed by atoms with Gasteiger partial charge < -0.3 is 14.5 Å². The number of nitrogens with zero attached hydrogens (tertiary/aromatic N) is 3. The van der Waals surface area contributed by atoms with Gasteiger partial charge in [-0.15, -0.1) is 0 Å². The van der Waals surface area contributed by atoms with Crippen molar-refractivity contribution in [3.8, 4) is 39.9 Å². The monoisotopic (exact) mass is 618 g/mol. The number of furan rings is 1. The highest BCUT2D eigenvalue weighted by molar-refractivity contribution is 6.13. The lowest BCUT2D eigenvalue weighted by Crippen LogP contribution is -2.10. The predicted octanol–water partition coefficient (Wildman–Crippen LogP) is 10.6. The average Bonchev–Trinajstić information content (AvgIpc) is 3.75. The Hall–Kier alpha value is -6.53. The second-order valence-electron chi connectivity index (χ2n) is 12.1. The van der Waals surface area contributed by atoms with Crippen LogP contribution in [0.15, 0.2) is 150 Å². The standard InChI is InChI=1S/C42H26N4O2/c1-2-12-27(13-3-1)42-43-37-35(48-42)24-33-32-16-8-9-17-34(32)47-38(33)36(37)41-45-39(30-20-18-25-10-4-6-14-28(25)22-30)44-40(46-41)31-21-19-26-11-5-7-15-29(26)23-31/h1-24,42-43H. The summed E-state index contributed by atoms with van der Waals surface area (Å²) in [5.41, 5.74) is 5.83. The van der Waals surface area contributed by atoms with Crippen molar-refractivity contribution in [2.75, 3.05) is 5.32 Å². The Morgan fingerprint density at radius 1 is 0.500 bits per heavy atom. The number of para-hydroxylation sites is 1. The van der Waals surface area contributed by atoms with Crippen LogP contribution in [-0.2, 0) is 0 Å².